The average Bonchev–Trinajstić information content (AvgIpc) is 2.95. The van der Waals surface area contributed by atoms with Crippen molar-refractivity contribution in [3.8, 4) is 0 Å². The van der Waals surface area contributed by atoms with Crippen LogP contribution < -0.4 is 15.9 Å². The van der Waals surface area contributed by atoms with Gasteiger partial charge in [0.05, 0.1) is 11.0 Å². The van der Waals surface area contributed by atoms with Crippen LogP contribution in [0, 0.1) is 0 Å². The van der Waals surface area contributed by atoms with Crippen LogP contribution in [0.1, 0.15) is 44.6 Å². The van der Waals surface area contributed by atoms with Gasteiger partial charge in [-0.2, -0.15) is 0 Å². The molecule has 7 nitrogen and oxygen atoms in total. The van der Waals surface area contributed by atoms with Gasteiger partial charge in [-0.25, -0.2) is 9.78 Å². The van der Waals surface area contributed by atoms with Crippen LogP contribution in [0.25, 0.3) is 11.0 Å². The Labute approximate surface area is 182 Å². The zero-order valence-electron chi connectivity index (χ0n) is 18.2. The maximum absolute atomic E-state index is 12.7. The van der Waals surface area contributed by atoms with Crippen molar-refractivity contribution in [2.75, 3.05) is 18.0 Å². The number of pyridine rings is 1. The molecular formula is C24H31N5O2. The molecule has 0 unspecified atom stereocenters. The topological polar surface area (TPSA) is 72.2 Å². The number of hydrogen-bond acceptors (Lipinski definition) is 4. The maximum atomic E-state index is 12.7. The van der Waals surface area contributed by atoms with Crippen LogP contribution in [0.5, 0.6) is 0 Å². The van der Waals surface area contributed by atoms with Crippen molar-refractivity contribution < 1.29 is 4.79 Å². The number of nitrogens with zero attached hydrogens (tertiary/aromatic N) is 4. The normalized spacial score (nSPS) is 14.5. The van der Waals surface area contributed by atoms with E-state index in [9.17, 15) is 9.59 Å². The van der Waals surface area contributed by atoms with E-state index in [1.807, 2.05) is 49.5 Å². The Morgan fingerprint density at radius 3 is 2.35 bits per heavy atom. The molecule has 0 saturated carbocycles. The van der Waals surface area contributed by atoms with Crippen LogP contribution in [0.3, 0.4) is 0 Å². The van der Waals surface area contributed by atoms with E-state index >= 15 is 0 Å². The van der Waals surface area contributed by atoms with Gasteiger partial charge in [-0.15, -0.1) is 0 Å². The van der Waals surface area contributed by atoms with Crippen molar-refractivity contribution in [2.45, 2.75) is 58.7 Å². The minimum Gasteiger partial charge on any atom is -0.357 e. The molecule has 3 aromatic rings. The van der Waals surface area contributed by atoms with Crippen LogP contribution >= 0.6 is 0 Å². The van der Waals surface area contributed by atoms with Gasteiger partial charge in [0, 0.05) is 45.3 Å². The SMILES string of the molecule is CCn1c(=O)n(CCC(=O)NCc2ccc(N3CCCCCC3)nc2)c2ccccc21. The van der Waals surface area contributed by atoms with Crippen molar-refractivity contribution in [2.24, 2.45) is 0 Å². The number of hydrogen-bond donors (Lipinski definition) is 1. The molecule has 1 aliphatic heterocycles. The molecular weight excluding hydrogens is 390 g/mol. The van der Waals surface area contributed by atoms with Crippen LogP contribution in [-0.2, 0) is 24.4 Å². The number of amides is 1. The Hall–Kier alpha value is -3.09. The molecule has 2 aromatic heterocycles. The minimum atomic E-state index is -0.0724. The van der Waals surface area contributed by atoms with E-state index in [4.69, 9.17) is 0 Å². The highest BCUT2D eigenvalue weighted by Gasteiger charge is 2.13. The minimum absolute atomic E-state index is 0.0650. The molecule has 4 rings (SSSR count). The highest BCUT2D eigenvalue weighted by Crippen LogP contribution is 2.17. The third kappa shape index (κ3) is 4.81. The summed E-state index contributed by atoms with van der Waals surface area (Å²) in [6.07, 6.45) is 7.15. The second-order valence-electron chi connectivity index (χ2n) is 8.12. The molecule has 0 aliphatic carbocycles. The number of anilines is 1. The van der Waals surface area contributed by atoms with Gasteiger partial charge in [0.25, 0.3) is 0 Å². The molecule has 1 aliphatic rings. The molecule has 7 heteroatoms. The summed E-state index contributed by atoms with van der Waals surface area (Å²) in [5.41, 5.74) is 2.69. The lowest BCUT2D eigenvalue weighted by molar-refractivity contribution is -0.121. The molecule has 3 heterocycles. The first-order valence-corrected chi connectivity index (χ1v) is 11.3. The second kappa shape index (κ2) is 9.81. The number of imidazole rings is 1. The Morgan fingerprint density at radius 1 is 1.00 bits per heavy atom. The standard InChI is InChI=1S/C24H31N5O2/c1-2-28-20-9-5-6-10-21(20)29(24(28)31)16-13-23(30)26-18-19-11-12-22(25-17-19)27-14-7-3-4-8-15-27/h5-6,9-12,17H,2-4,7-8,13-16,18H2,1H3,(H,26,30). The Bertz CT molecular complexity index is 1080. The third-order valence-corrected chi connectivity index (χ3v) is 6.03. The molecule has 0 spiro atoms. The molecule has 0 bridgehead atoms. The smallest absolute Gasteiger partial charge is 0.329 e. The summed E-state index contributed by atoms with van der Waals surface area (Å²) < 4.78 is 3.43. The first kappa shape index (κ1) is 21.2. The summed E-state index contributed by atoms with van der Waals surface area (Å²) in [6, 6.07) is 11.8. The zero-order valence-corrected chi connectivity index (χ0v) is 18.2. The molecule has 1 aromatic carbocycles. The predicted molar refractivity (Wildman–Crippen MR) is 123 cm³/mol. The van der Waals surface area contributed by atoms with E-state index in [0.717, 1.165) is 35.5 Å². The first-order chi connectivity index (χ1) is 15.2. The summed E-state index contributed by atoms with van der Waals surface area (Å²) in [6.45, 7) is 5.51. The highest BCUT2D eigenvalue weighted by molar-refractivity contribution is 5.78. The molecule has 31 heavy (non-hydrogen) atoms. The van der Waals surface area contributed by atoms with E-state index in [1.165, 1.54) is 25.7 Å². The molecule has 1 fully saturated rings. The van der Waals surface area contributed by atoms with Crippen molar-refractivity contribution in [3.63, 3.8) is 0 Å². The number of carbonyl (C=O) groups excluding carboxylic acids is 1. The highest BCUT2D eigenvalue weighted by atomic mass is 16.2. The molecule has 1 saturated heterocycles. The van der Waals surface area contributed by atoms with E-state index in [1.54, 1.807) is 9.13 Å². The summed E-state index contributed by atoms with van der Waals surface area (Å²) in [4.78, 5) is 32.0. The zero-order chi connectivity index (χ0) is 21.6. The van der Waals surface area contributed by atoms with Gasteiger partial charge < -0.3 is 10.2 Å². The van der Waals surface area contributed by atoms with Gasteiger partial charge in [-0.3, -0.25) is 13.9 Å². The van der Waals surface area contributed by atoms with E-state index in [2.05, 4.69) is 15.2 Å². The lowest BCUT2D eigenvalue weighted by Crippen LogP contribution is -2.28. The Morgan fingerprint density at radius 2 is 1.71 bits per heavy atom. The fourth-order valence-electron chi connectivity index (χ4n) is 4.30. The maximum Gasteiger partial charge on any atom is 0.329 e. The van der Waals surface area contributed by atoms with Gasteiger partial charge in [0.15, 0.2) is 0 Å². The van der Waals surface area contributed by atoms with Gasteiger partial charge >= 0.3 is 5.69 Å². The van der Waals surface area contributed by atoms with Gasteiger partial charge in [0.1, 0.15) is 5.82 Å². The molecule has 0 radical (unpaired) electrons. The lowest BCUT2D eigenvalue weighted by Gasteiger charge is -2.21. The van der Waals surface area contributed by atoms with Crippen LogP contribution in [0.2, 0.25) is 0 Å². The number of aryl methyl sites for hydroxylation is 2. The summed E-state index contributed by atoms with van der Waals surface area (Å²) in [7, 11) is 0. The lowest BCUT2D eigenvalue weighted by atomic mass is 10.2. The van der Waals surface area contributed by atoms with Crippen LogP contribution in [0.15, 0.2) is 47.4 Å². The van der Waals surface area contributed by atoms with Crippen LogP contribution in [-0.4, -0.2) is 33.1 Å². The molecule has 1 amide bonds. The number of fused-ring (bicyclic) bond motifs is 1. The van der Waals surface area contributed by atoms with Crippen LogP contribution in [0.4, 0.5) is 5.82 Å². The second-order valence-corrected chi connectivity index (χ2v) is 8.12. The molecule has 0 atom stereocenters. The molecule has 164 valence electrons. The quantitative estimate of drug-likeness (QED) is 0.635. The summed E-state index contributed by atoms with van der Waals surface area (Å²) in [5, 5.41) is 2.95. The number of aromatic nitrogens is 3. The number of rotatable bonds is 7. The van der Waals surface area contributed by atoms with E-state index < -0.39 is 0 Å². The summed E-state index contributed by atoms with van der Waals surface area (Å²) in [5.74, 6) is 0.945. The van der Waals surface area contributed by atoms with E-state index in [0.29, 0.717) is 19.6 Å². The predicted octanol–water partition coefficient (Wildman–Crippen LogP) is 3.30. The fourth-order valence-corrected chi connectivity index (χ4v) is 4.30. The average molecular weight is 422 g/mol. The Kier molecular flexibility index (Phi) is 6.70. The number of para-hydroxylation sites is 2. The first-order valence-electron chi connectivity index (χ1n) is 11.3. The van der Waals surface area contributed by atoms with E-state index in [-0.39, 0.29) is 18.0 Å². The van der Waals surface area contributed by atoms with Gasteiger partial charge in [0.2, 0.25) is 5.91 Å². The van der Waals surface area contributed by atoms with Gasteiger partial charge in [-0.1, -0.05) is 31.0 Å². The largest absolute Gasteiger partial charge is 0.357 e. The fraction of sp³-hybridized carbons (Fsp3) is 0.458. The monoisotopic (exact) mass is 421 g/mol. The number of benzene rings is 1. The van der Waals surface area contributed by atoms with Crippen molar-refractivity contribution >= 4 is 22.8 Å². The van der Waals surface area contributed by atoms with Crippen molar-refractivity contribution in [1.82, 2.24) is 19.4 Å². The number of nitrogens with one attached hydrogen (secondary N) is 1. The third-order valence-electron chi connectivity index (χ3n) is 6.03. The van der Waals surface area contributed by atoms with Gasteiger partial charge in [-0.05, 0) is 43.5 Å². The Balaban J connectivity index is 1.32. The summed E-state index contributed by atoms with van der Waals surface area (Å²) >= 11 is 0. The molecule has 1 N–H and O–H groups in total. The number of carbonyl (C=O) groups is 1. The van der Waals surface area contributed by atoms with Crippen molar-refractivity contribution in [3.05, 3.63) is 58.6 Å². The van der Waals surface area contributed by atoms with Crippen molar-refractivity contribution in [1.29, 1.82) is 0 Å².